The summed E-state index contributed by atoms with van der Waals surface area (Å²) in [5.41, 5.74) is -0.692. The summed E-state index contributed by atoms with van der Waals surface area (Å²) < 4.78 is 11.6. The van der Waals surface area contributed by atoms with Gasteiger partial charge in [0, 0.05) is 0 Å². The minimum absolute atomic E-state index is 0.00974. The third-order valence-electron chi connectivity index (χ3n) is 4.29. The molecule has 0 radical (unpaired) electrons. The van der Waals surface area contributed by atoms with Crippen LogP contribution in [0, 0.1) is 0 Å². The van der Waals surface area contributed by atoms with Crippen molar-refractivity contribution < 1.29 is 18.8 Å². The van der Waals surface area contributed by atoms with E-state index in [1.807, 2.05) is 0 Å². The number of rotatable bonds is 6. The molecule has 11 heteroatoms. The highest BCUT2D eigenvalue weighted by molar-refractivity contribution is 6.74. The Morgan fingerprint density at radius 3 is 2.19 bits per heavy atom. The first kappa shape index (κ1) is 23.0. The molecule has 0 unspecified atom stereocenters. The lowest BCUT2D eigenvalue weighted by Crippen LogP contribution is -2.55. The molecule has 0 aliphatic rings. The van der Waals surface area contributed by atoms with Gasteiger partial charge in [0.05, 0.1) is 6.10 Å². The summed E-state index contributed by atoms with van der Waals surface area (Å²) in [5.74, 6) is -0.510. The number of alkyl carbamates (subject to hydrolysis) is 1. The Morgan fingerprint density at radius 1 is 1.15 bits per heavy atom. The zero-order valence-corrected chi connectivity index (χ0v) is 18.6. The predicted molar refractivity (Wildman–Crippen MR) is 104 cm³/mol. The molecule has 1 aromatic heterocycles. The molecule has 0 aliphatic heterocycles. The fourth-order valence-corrected chi connectivity index (χ4v) is 3.36. The van der Waals surface area contributed by atoms with Gasteiger partial charge in [-0.15, -0.1) is 5.10 Å². The van der Waals surface area contributed by atoms with Crippen LogP contribution in [-0.4, -0.2) is 58.7 Å². The van der Waals surface area contributed by atoms with Crippen LogP contribution in [0.2, 0.25) is 18.1 Å². The van der Waals surface area contributed by atoms with Crippen LogP contribution in [0.3, 0.4) is 0 Å². The number of amides is 2. The van der Waals surface area contributed by atoms with Gasteiger partial charge in [0.25, 0.3) is 11.9 Å². The molecule has 2 atom stereocenters. The molecule has 0 spiro atoms. The van der Waals surface area contributed by atoms with Crippen LogP contribution in [0.5, 0.6) is 0 Å². The van der Waals surface area contributed by atoms with Crippen LogP contribution in [0.25, 0.3) is 0 Å². The third-order valence-corrected chi connectivity index (χ3v) is 8.86. The summed E-state index contributed by atoms with van der Waals surface area (Å²) in [6.07, 6.45) is -1.30. The number of ether oxygens (including phenoxy) is 1. The molecule has 1 aromatic rings. The first-order valence-corrected chi connectivity index (χ1v) is 11.7. The Kier molecular flexibility index (Phi) is 7.11. The molecule has 0 aromatic carbocycles. The van der Waals surface area contributed by atoms with E-state index in [4.69, 9.17) is 9.16 Å². The molecular formula is C16H32N6O4Si. The second-order valence-electron chi connectivity index (χ2n) is 8.93. The van der Waals surface area contributed by atoms with E-state index in [9.17, 15) is 9.59 Å². The summed E-state index contributed by atoms with van der Waals surface area (Å²) in [5, 5.41) is 18.1. The summed E-state index contributed by atoms with van der Waals surface area (Å²) in [4.78, 5) is 25.0. The van der Waals surface area contributed by atoms with Crippen LogP contribution in [-0.2, 0) is 14.0 Å². The zero-order chi connectivity index (χ0) is 21.0. The van der Waals surface area contributed by atoms with Gasteiger partial charge in [-0.3, -0.25) is 10.1 Å². The number of carbonyl (C=O) groups is 2. The number of nitrogens with one attached hydrogen (secondary N) is 3. The van der Waals surface area contributed by atoms with Crippen LogP contribution in [0.1, 0.15) is 48.5 Å². The van der Waals surface area contributed by atoms with Gasteiger partial charge in [-0.1, -0.05) is 25.9 Å². The summed E-state index contributed by atoms with van der Waals surface area (Å²) >= 11 is 0. The minimum Gasteiger partial charge on any atom is -0.444 e. The Morgan fingerprint density at radius 2 is 1.74 bits per heavy atom. The Labute approximate surface area is 161 Å². The van der Waals surface area contributed by atoms with E-state index < -0.39 is 38.1 Å². The van der Waals surface area contributed by atoms with Gasteiger partial charge in [0.1, 0.15) is 11.6 Å². The second-order valence-corrected chi connectivity index (χ2v) is 13.7. The van der Waals surface area contributed by atoms with E-state index in [0.29, 0.717) is 0 Å². The molecule has 0 aliphatic carbocycles. The number of tetrazole rings is 1. The monoisotopic (exact) mass is 400 g/mol. The number of carbonyl (C=O) groups excluding carboxylic acids is 2. The van der Waals surface area contributed by atoms with Crippen molar-refractivity contribution in [3.05, 3.63) is 0 Å². The smallest absolute Gasteiger partial charge is 0.408 e. The van der Waals surface area contributed by atoms with Gasteiger partial charge in [0.2, 0.25) is 0 Å². The topological polar surface area (TPSA) is 131 Å². The van der Waals surface area contributed by atoms with Crippen molar-refractivity contribution in [3.63, 3.8) is 0 Å². The van der Waals surface area contributed by atoms with Gasteiger partial charge in [0.15, 0.2) is 8.32 Å². The fraction of sp³-hybridized carbons (Fsp3) is 0.812. The average Bonchev–Trinajstić information content (AvgIpc) is 2.93. The number of aromatic amines is 1. The number of hydrogen-bond donors (Lipinski definition) is 3. The standard InChI is InChI=1S/C16H32N6O4Si/c1-10(26-27(8,9)16(5,6)7)11(17-14(24)25-15(2,3)4)12(23)18-13-19-21-22-20-13/h10-11H,1-9H3,(H,17,24)(H2,18,19,20,21,22,23)/t10-,11+/m1/s1. The van der Waals surface area contributed by atoms with Gasteiger partial charge >= 0.3 is 6.09 Å². The molecule has 1 rings (SSSR count). The molecule has 10 nitrogen and oxygen atoms in total. The van der Waals surface area contributed by atoms with E-state index in [1.165, 1.54) is 0 Å². The van der Waals surface area contributed by atoms with E-state index in [2.05, 4.69) is 65.1 Å². The van der Waals surface area contributed by atoms with Crippen molar-refractivity contribution in [2.45, 2.75) is 84.3 Å². The minimum atomic E-state index is -2.18. The van der Waals surface area contributed by atoms with Gasteiger partial charge in [-0.25, -0.2) is 4.79 Å². The highest BCUT2D eigenvalue weighted by Gasteiger charge is 2.41. The third kappa shape index (κ3) is 7.25. The lowest BCUT2D eigenvalue weighted by atomic mass is 10.1. The lowest BCUT2D eigenvalue weighted by Gasteiger charge is -2.40. The highest BCUT2D eigenvalue weighted by Crippen LogP contribution is 2.37. The van der Waals surface area contributed by atoms with Crippen molar-refractivity contribution in [1.82, 2.24) is 25.9 Å². The highest BCUT2D eigenvalue weighted by atomic mass is 28.4. The van der Waals surface area contributed by atoms with E-state index in [0.717, 1.165) is 0 Å². The van der Waals surface area contributed by atoms with Gasteiger partial charge in [-0.2, -0.15) is 5.21 Å². The van der Waals surface area contributed by atoms with Crippen molar-refractivity contribution >= 4 is 26.3 Å². The molecule has 3 N–H and O–H groups in total. The molecule has 0 saturated heterocycles. The van der Waals surface area contributed by atoms with E-state index >= 15 is 0 Å². The number of H-pyrrole nitrogens is 1. The van der Waals surface area contributed by atoms with Crippen molar-refractivity contribution in [1.29, 1.82) is 0 Å². The molecule has 1 heterocycles. The number of nitrogens with zero attached hydrogens (tertiary/aromatic N) is 3. The maximum absolute atomic E-state index is 12.7. The Bertz CT molecular complexity index is 636. The van der Waals surface area contributed by atoms with Gasteiger partial charge in [-0.05, 0) is 51.0 Å². The van der Waals surface area contributed by atoms with Crippen molar-refractivity contribution in [3.8, 4) is 0 Å². The molecule has 0 bridgehead atoms. The first-order valence-electron chi connectivity index (χ1n) is 8.84. The fourth-order valence-electron chi connectivity index (χ4n) is 1.94. The SMILES string of the molecule is C[C@@H](O[Si](C)(C)C(C)(C)C)[C@H](NC(=O)OC(C)(C)C)C(=O)Nc1nn[nH]n1. The average molecular weight is 401 g/mol. The van der Waals surface area contributed by atoms with E-state index in [-0.39, 0.29) is 11.0 Å². The summed E-state index contributed by atoms with van der Waals surface area (Å²) in [6.45, 7) is 17.4. The summed E-state index contributed by atoms with van der Waals surface area (Å²) in [6, 6.07) is -0.993. The predicted octanol–water partition coefficient (Wildman–Crippen LogP) is 2.44. The molecule has 27 heavy (non-hydrogen) atoms. The lowest BCUT2D eigenvalue weighted by molar-refractivity contribution is -0.120. The second kappa shape index (κ2) is 8.34. The molecule has 154 valence electrons. The van der Waals surface area contributed by atoms with Crippen LogP contribution in [0.4, 0.5) is 10.7 Å². The summed E-state index contributed by atoms with van der Waals surface area (Å²) in [7, 11) is -2.18. The zero-order valence-electron chi connectivity index (χ0n) is 17.6. The van der Waals surface area contributed by atoms with Gasteiger partial charge < -0.3 is 14.5 Å². The van der Waals surface area contributed by atoms with E-state index in [1.54, 1.807) is 27.7 Å². The first-order chi connectivity index (χ1) is 12.1. The van der Waals surface area contributed by atoms with Crippen LogP contribution in [0.15, 0.2) is 0 Å². The van der Waals surface area contributed by atoms with Crippen molar-refractivity contribution in [2.24, 2.45) is 0 Å². The molecular weight excluding hydrogens is 368 g/mol. The Hall–Kier alpha value is -2.01. The maximum atomic E-state index is 12.7. The molecule has 2 amide bonds. The molecule has 0 fully saturated rings. The van der Waals surface area contributed by atoms with Crippen molar-refractivity contribution in [2.75, 3.05) is 5.32 Å². The Balaban J connectivity index is 2.98. The van der Waals surface area contributed by atoms with Crippen LogP contribution >= 0.6 is 0 Å². The maximum Gasteiger partial charge on any atom is 0.408 e. The normalized spacial score (nSPS) is 15.0. The number of hydrogen-bond acceptors (Lipinski definition) is 7. The number of anilines is 1. The number of aromatic nitrogens is 4. The molecule has 0 saturated carbocycles. The van der Waals surface area contributed by atoms with Crippen LogP contribution < -0.4 is 10.6 Å². The quantitative estimate of drug-likeness (QED) is 0.625. The largest absolute Gasteiger partial charge is 0.444 e.